The highest BCUT2D eigenvalue weighted by Crippen LogP contribution is 2.47. The lowest BCUT2D eigenvalue weighted by molar-refractivity contribution is 0.487. The summed E-state index contributed by atoms with van der Waals surface area (Å²) in [5.41, 5.74) is 5.02. The molecule has 1 aromatic heterocycles. The molecule has 0 atom stereocenters. The molecule has 0 fully saturated rings. The molecule has 0 saturated heterocycles. The number of hydrogen-bond donors (Lipinski definition) is 0. The topological polar surface area (TPSA) is 47.9 Å². The summed E-state index contributed by atoms with van der Waals surface area (Å²) in [5, 5.41) is 2.32. The van der Waals surface area contributed by atoms with E-state index in [0.29, 0.717) is 17.5 Å². The van der Waals surface area contributed by atoms with E-state index in [2.05, 4.69) is 36.4 Å². The molecule has 0 amide bonds. The van der Waals surface area contributed by atoms with Crippen molar-refractivity contribution >= 4 is 10.8 Å². The van der Waals surface area contributed by atoms with Gasteiger partial charge in [0.1, 0.15) is 11.5 Å². The molecule has 0 spiro atoms. The molecule has 6 aromatic rings. The van der Waals surface area contributed by atoms with Crippen molar-refractivity contribution in [3.8, 4) is 56.8 Å². The molecule has 0 radical (unpaired) electrons. The van der Waals surface area contributed by atoms with Gasteiger partial charge < -0.3 is 4.74 Å². The second-order valence-electron chi connectivity index (χ2n) is 8.51. The van der Waals surface area contributed by atoms with Gasteiger partial charge in [-0.15, -0.1) is 0 Å². The number of nitrogens with zero attached hydrogens (tertiary/aromatic N) is 3. The van der Waals surface area contributed by atoms with Gasteiger partial charge in [0, 0.05) is 27.6 Å². The van der Waals surface area contributed by atoms with Crippen LogP contribution in [0, 0.1) is 0 Å². The van der Waals surface area contributed by atoms with Gasteiger partial charge in [-0.1, -0.05) is 97.1 Å². The van der Waals surface area contributed by atoms with Crippen molar-refractivity contribution < 1.29 is 4.74 Å². The summed E-state index contributed by atoms with van der Waals surface area (Å²) in [7, 11) is 0. The normalized spacial score (nSPS) is 11.7. The molecule has 7 rings (SSSR count). The van der Waals surface area contributed by atoms with E-state index in [4.69, 9.17) is 19.7 Å². The van der Waals surface area contributed by atoms with Crippen molar-refractivity contribution in [2.45, 2.75) is 0 Å². The average Bonchev–Trinajstić information content (AvgIpc) is 2.94. The second-order valence-corrected chi connectivity index (χ2v) is 8.51. The number of fused-ring (bicyclic) bond motifs is 2. The quantitative estimate of drug-likeness (QED) is 0.276. The minimum atomic E-state index is 0.612. The van der Waals surface area contributed by atoms with Crippen LogP contribution in [-0.4, -0.2) is 15.0 Å². The Kier molecular flexibility index (Phi) is 4.42. The van der Waals surface area contributed by atoms with Crippen LogP contribution in [0.5, 0.6) is 11.5 Å². The Bertz CT molecular complexity index is 1650. The summed E-state index contributed by atoms with van der Waals surface area (Å²) in [4.78, 5) is 14.5. The third-order valence-corrected chi connectivity index (χ3v) is 6.32. The van der Waals surface area contributed by atoms with Gasteiger partial charge in [0.25, 0.3) is 0 Å². The molecule has 2 heterocycles. The molecular weight excluding hydrogens is 430 g/mol. The highest BCUT2D eigenvalue weighted by atomic mass is 16.5. The van der Waals surface area contributed by atoms with Crippen molar-refractivity contribution in [1.29, 1.82) is 0 Å². The molecule has 5 aromatic carbocycles. The number of rotatable bonds is 3. The van der Waals surface area contributed by atoms with Crippen LogP contribution < -0.4 is 4.74 Å². The van der Waals surface area contributed by atoms with Gasteiger partial charge in [0.05, 0.1) is 0 Å². The Labute approximate surface area is 202 Å². The summed E-state index contributed by atoms with van der Waals surface area (Å²) < 4.78 is 6.37. The lowest BCUT2D eigenvalue weighted by atomic mass is 9.94. The molecule has 1 aliphatic rings. The SMILES string of the molecule is c1ccc(-c2nc(-c3ccccc3)nc(-c3ccc4c(c3)Oc3cccc5cccc-4c35)n2)cc1. The Hall–Kier alpha value is -4.83. The van der Waals surface area contributed by atoms with E-state index >= 15 is 0 Å². The van der Waals surface area contributed by atoms with Gasteiger partial charge in [0.15, 0.2) is 17.5 Å². The summed E-state index contributed by atoms with van der Waals surface area (Å²) in [5.74, 6) is 3.57. The maximum Gasteiger partial charge on any atom is 0.164 e. The average molecular weight is 450 g/mol. The van der Waals surface area contributed by atoms with E-state index in [-0.39, 0.29) is 0 Å². The van der Waals surface area contributed by atoms with Crippen molar-refractivity contribution in [3.63, 3.8) is 0 Å². The van der Waals surface area contributed by atoms with Gasteiger partial charge in [-0.3, -0.25) is 0 Å². The minimum Gasteiger partial charge on any atom is -0.456 e. The first kappa shape index (κ1) is 19.6. The molecule has 0 saturated carbocycles. The fraction of sp³-hybridized carbons (Fsp3) is 0. The van der Waals surface area contributed by atoms with E-state index in [0.717, 1.165) is 39.1 Å². The molecule has 0 unspecified atom stereocenters. The Morgan fingerprint density at radius 1 is 0.429 bits per heavy atom. The maximum absolute atomic E-state index is 6.37. The summed E-state index contributed by atoms with van der Waals surface area (Å²) in [6.07, 6.45) is 0. The molecule has 4 nitrogen and oxygen atoms in total. The van der Waals surface area contributed by atoms with Crippen molar-refractivity contribution in [3.05, 3.63) is 115 Å². The van der Waals surface area contributed by atoms with Crippen LogP contribution in [0.1, 0.15) is 0 Å². The zero-order chi connectivity index (χ0) is 23.2. The van der Waals surface area contributed by atoms with Gasteiger partial charge in [-0.2, -0.15) is 0 Å². The number of benzene rings is 5. The summed E-state index contributed by atoms with van der Waals surface area (Å²) in [6, 6.07) is 38.7. The van der Waals surface area contributed by atoms with Crippen LogP contribution in [-0.2, 0) is 0 Å². The summed E-state index contributed by atoms with van der Waals surface area (Å²) in [6.45, 7) is 0. The number of hydrogen-bond acceptors (Lipinski definition) is 4. The first-order valence-corrected chi connectivity index (χ1v) is 11.5. The highest BCUT2D eigenvalue weighted by molar-refractivity contribution is 6.04. The van der Waals surface area contributed by atoms with Crippen LogP contribution in [0.3, 0.4) is 0 Å². The fourth-order valence-electron chi connectivity index (χ4n) is 4.64. The van der Waals surface area contributed by atoms with Crippen molar-refractivity contribution in [2.24, 2.45) is 0 Å². The monoisotopic (exact) mass is 449 g/mol. The third-order valence-electron chi connectivity index (χ3n) is 6.32. The van der Waals surface area contributed by atoms with Crippen LogP contribution in [0.2, 0.25) is 0 Å². The van der Waals surface area contributed by atoms with Gasteiger partial charge in [-0.25, -0.2) is 15.0 Å². The van der Waals surface area contributed by atoms with E-state index in [9.17, 15) is 0 Å². The highest BCUT2D eigenvalue weighted by Gasteiger charge is 2.21. The molecular formula is C31H19N3O. The van der Waals surface area contributed by atoms with Crippen molar-refractivity contribution in [1.82, 2.24) is 15.0 Å². The van der Waals surface area contributed by atoms with Crippen LogP contribution in [0.4, 0.5) is 0 Å². The molecule has 0 N–H and O–H groups in total. The number of ether oxygens (including phenoxy) is 1. The minimum absolute atomic E-state index is 0.612. The predicted molar refractivity (Wildman–Crippen MR) is 139 cm³/mol. The van der Waals surface area contributed by atoms with E-state index in [1.165, 1.54) is 10.9 Å². The third kappa shape index (κ3) is 3.35. The smallest absolute Gasteiger partial charge is 0.164 e. The van der Waals surface area contributed by atoms with Crippen LogP contribution >= 0.6 is 0 Å². The molecule has 4 heteroatoms. The first-order chi connectivity index (χ1) is 17.3. The standard InChI is InChI=1S/C31H19N3O/c1-3-9-21(10-4-1)29-32-30(22-11-5-2-6-12-22)34-31(33-29)23-17-18-24-25-15-7-13-20-14-8-16-26(28(20)25)35-27(24)19-23/h1-19H. The Morgan fingerprint density at radius 3 is 1.69 bits per heavy atom. The largest absolute Gasteiger partial charge is 0.456 e. The molecule has 0 aliphatic carbocycles. The van der Waals surface area contributed by atoms with Crippen LogP contribution in [0.25, 0.3) is 56.1 Å². The second kappa shape index (κ2) is 7.89. The fourth-order valence-corrected chi connectivity index (χ4v) is 4.64. The molecule has 1 aliphatic heterocycles. The first-order valence-electron chi connectivity index (χ1n) is 11.5. The van der Waals surface area contributed by atoms with Crippen LogP contribution in [0.15, 0.2) is 115 Å². The lowest BCUT2D eigenvalue weighted by Crippen LogP contribution is -2.01. The predicted octanol–water partition coefficient (Wildman–Crippen LogP) is 7.80. The number of aromatic nitrogens is 3. The lowest BCUT2D eigenvalue weighted by Gasteiger charge is -2.21. The zero-order valence-corrected chi connectivity index (χ0v) is 18.7. The maximum atomic E-state index is 6.37. The zero-order valence-electron chi connectivity index (χ0n) is 18.7. The van der Waals surface area contributed by atoms with Crippen molar-refractivity contribution in [2.75, 3.05) is 0 Å². The Balaban J connectivity index is 1.40. The van der Waals surface area contributed by atoms with E-state index < -0.39 is 0 Å². The molecule has 164 valence electrons. The van der Waals surface area contributed by atoms with E-state index in [1.807, 2.05) is 78.9 Å². The van der Waals surface area contributed by atoms with Gasteiger partial charge >= 0.3 is 0 Å². The van der Waals surface area contributed by atoms with E-state index in [1.54, 1.807) is 0 Å². The van der Waals surface area contributed by atoms with Gasteiger partial charge in [-0.05, 0) is 29.1 Å². The summed E-state index contributed by atoms with van der Waals surface area (Å²) >= 11 is 0. The molecule has 0 bridgehead atoms. The Morgan fingerprint density at radius 2 is 1.03 bits per heavy atom. The molecule has 35 heavy (non-hydrogen) atoms. The van der Waals surface area contributed by atoms with Gasteiger partial charge in [0.2, 0.25) is 0 Å².